The van der Waals surface area contributed by atoms with Crippen molar-refractivity contribution >= 4 is 5.97 Å². The Morgan fingerprint density at radius 3 is 2.16 bits per heavy atom. The third-order valence-electron chi connectivity index (χ3n) is 2.95. The minimum atomic E-state index is -3.26. The lowest BCUT2D eigenvalue weighted by atomic mass is 9.89. The Labute approximate surface area is 106 Å². The van der Waals surface area contributed by atoms with Crippen LogP contribution in [-0.2, 0) is 9.53 Å². The van der Waals surface area contributed by atoms with E-state index in [1.165, 1.54) is 0 Å². The van der Waals surface area contributed by atoms with E-state index in [4.69, 9.17) is 10.2 Å². The number of carbonyl (C=O) groups is 1. The van der Waals surface area contributed by atoms with E-state index in [1.54, 1.807) is 0 Å². The second kappa shape index (κ2) is 5.64. The van der Waals surface area contributed by atoms with Gasteiger partial charge in [-0.15, -0.1) is 0 Å². The predicted octanol–water partition coefficient (Wildman–Crippen LogP) is -5.04. The maximum absolute atomic E-state index is 10.8. The number of aliphatic carboxylic acids is 1. The number of hydrogen-bond donors (Lipinski definition) is 8. The van der Waals surface area contributed by atoms with E-state index in [1.807, 2.05) is 0 Å². The molecule has 112 valence electrons. The van der Waals surface area contributed by atoms with Gasteiger partial charge in [0.2, 0.25) is 0 Å². The smallest absolute Gasteiger partial charge is 0.367 e. The van der Waals surface area contributed by atoms with Crippen LogP contribution in [0.4, 0.5) is 0 Å². The zero-order valence-electron chi connectivity index (χ0n) is 9.57. The van der Waals surface area contributed by atoms with Gasteiger partial charge in [0.05, 0.1) is 6.61 Å². The predicted molar refractivity (Wildman–Crippen MR) is 54.6 cm³/mol. The molecule has 1 heterocycles. The van der Waals surface area contributed by atoms with Crippen LogP contribution in [-0.4, -0.2) is 95.8 Å². The average molecular weight is 284 g/mol. The number of rotatable bonds is 4. The van der Waals surface area contributed by atoms with Gasteiger partial charge in [0.25, 0.3) is 5.79 Å². The Kier molecular flexibility index (Phi) is 4.81. The Balaban J connectivity index is 3.04. The quantitative estimate of drug-likeness (QED) is 0.248. The first-order valence-electron chi connectivity index (χ1n) is 5.31. The SMILES string of the molecule is O=C(O)[C@]1(O)OC(C(O)C(O)CO)[C@@H](O)[C@H](O)C1O. The number of carboxylic acids is 1. The number of aliphatic hydroxyl groups is 7. The van der Waals surface area contributed by atoms with Crippen molar-refractivity contribution in [1.82, 2.24) is 0 Å². The zero-order valence-corrected chi connectivity index (χ0v) is 9.57. The second-order valence-corrected chi connectivity index (χ2v) is 4.25. The van der Waals surface area contributed by atoms with Crippen LogP contribution in [0.15, 0.2) is 0 Å². The van der Waals surface area contributed by atoms with E-state index in [2.05, 4.69) is 4.74 Å². The van der Waals surface area contributed by atoms with Crippen LogP contribution in [0.5, 0.6) is 0 Å². The highest BCUT2D eigenvalue weighted by Crippen LogP contribution is 2.30. The molecule has 0 radical (unpaired) electrons. The molecule has 0 bridgehead atoms. The van der Waals surface area contributed by atoms with Crippen LogP contribution in [0.3, 0.4) is 0 Å². The first-order chi connectivity index (χ1) is 8.66. The summed E-state index contributed by atoms with van der Waals surface area (Å²) in [5.74, 6) is -5.32. The molecule has 10 nitrogen and oxygen atoms in total. The van der Waals surface area contributed by atoms with Crippen molar-refractivity contribution in [2.45, 2.75) is 42.4 Å². The molecule has 0 spiro atoms. The molecule has 0 aromatic carbocycles. The molecule has 1 aliphatic heterocycles. The molecular formula is C9H16O10. The van der Waals surface area contributed by atoms with Gasteiger partial charge in [0.1, 0.15) is 36.6 Å². The fourth-order valence-electron chi connectivity index (χ4n) is 1.74. The molecule has 1 fully saturated rings. The lowest BCUT2D eigenvalue weighted by Crippen LogP contribution is -2.70. The van der Waals surface area contributed by atoms with Crippen LogP contribution >= 0.6 is 0 Å². The molecular weight excluding hydrogens is 268 g/mol. The topological polar surface area (TPSA) is 188 Å². The highest BCUT2D eigenvalue weighted by atomic mass is 16.7. The van der Waals surface area contributed by atoms with Crippen LogP contribution in [0.2, 0.25) is 0 Å². The zero-order chi connectivity index (χ0) is 15.0. The largest absolute Gasteiger partial charge is 0.477 e. The van der Waals surface area contributed by atoms with Crippen LogP contribution < -0.4 is 0 Å². The van der Waals surface area contributed by atoms with Gasteiger partial charge in [-0.25, -0.2) is 4.79 Å². The summed E-state index contributed by atoms with van der Waals surface area (Å²) in [5.41, 5.74) is 0. The summed E-state index contributed by atoms with van der Waals surface area (Å²) in [6, 6.07) is 0. The van der Waals surface area contributed by atoms with Gasteiger partial charge in [-0.1, -0.05) is 0 Å². The summed E-state index contributed by atoms with van der Waals surface area (Å²) in [6.07, 6.45) is -12.2. The second-order valence-electron chi connectivity index (χ2n) is 4.25. The molecule has 19 heavy (non-hydrogen) atoms. The molecule has 0 aliphatic carbocycles. The lowest BCUT2D eigenvalue weighted by molar-refractivity contribution is -0.349. The lowest BCUT2D eigenvalue weighted by Gasteiger charge is -2.45. The van der Waals surface area contributed by atoms with Crippen molar-refractivity contribution in [3.05, 3.63) is 0 Å². The molecule has 0 amide bonds. The highest BCUT2D eigenvalue weighted by Gasteiger charge is 2.59. The van der Waals surface area contributed by atoms with Gasteiger partial charge in [0, 0.05) is 0 Å². The molecule has 1 aliphatic rings. The van der Waals surface area contributed by atoms with Crippen molar-refractivity contribution in [2.75, 3.05) is 6.61 Å². The summed E-state index contributed by atoms with van der Waals surface area (Å²) in [5, 5.41) is 74.1. The first kappa shape index (κ1) is 16.2. The Bertz CT molecular complexity index is 331. The molecule has 0 aromatic heterocycles. The average Bonchev–Trinajstić information content (AvgIpc) is 2.38. The molecule has 10 heteroatoms. The fourth-order valence-corrected chi connectivity index (χ4v) is 1.74. The standard InChI is InChI=1S/C9H16O10/c10-1-2(11)3(12)6-4(13)5(14)7(15)9(18,19-6)8(16)17/h2-7,10-15,18H,1H2,(H,16,17)/t2?,3?,4-,5-,6?,7?,9+/m0/s1. The van der Waals surface area contributed by atoms with Gasteiger partial charge in [-0.05, 0) is 0 Å². The van der Waals surface area contributed by atoms with Gasteiger partial charge < -0.3 is 45.6 Å². The van der Waals surface area contributed by atoms with E-state index >= 15 is 0 Å². The molecule has 4 unspecified atom stereocenters. The molecule has 1 rings (SSSR count). The minimum absolute atomic E-state index is 0.933. The van der Waals surface area contributed by atoms with E-state index in [0.29, 0.717) is 0 Å². The van der Waals surface area contributed by atoms with E-state index in [-0.39, 0.29) is 0 Å². The van der Waals surface area contributed by atoms with Crippen LogP contribution in [0.1, 0.15) is 0 Å². The van der Waals surface area contributed by atoms with Crippen molar-refractivity contribution < 1.29 is 50.4 Å². The van der Waals surface area contributed by atoms with Gasteiger partial charge in [0.15, 0.2) is 0 Å². The molecule has 7 atom stereocenters. The van der Waals surface area contributed by atoms with Gasteiger partial charge in [-0.2, -0.15) is 0 Å². The van der Waals surface area contributed by atoms with Crippen molar-refractivity contribution in [3.63, 3.8) is 0 Å². The molecule has 0 saturated carbocycles. The number of aliphatic hydroxyl groups excluding tert-OH is 6. The molecule has 0 aromatic rings. The fraction of sp³-hybridized carbons (Fsp3) is 0.889. The van der Waals surface area contributed by atoms with Crippen molar-refractivity contribution in [3.8, 4) is 0 Å². The van der Waals surface area contributed by atoms with E-state index in [0.717, 1.165) is 0 Å². The molecule has 8 N–H and O–H groups in total. The number of hydrogen-bond acceptors (Lipinski definition) is 9. The Hall–Kier alpha value is -0.850. The maximum atomic E-state index is 10.8. The number of carboxylic acid groups (broad SMARTS) is 1. The van der Waals surface area contributed by atoms with Gasteiger partial charge >= 0.3 is 5.97 Å². The maximum Gasteiger partial charge on any atom is 0.367 e. The number of ether oxygens (including phenoxy) is 1. The minimum Gasteiger partial charge on any atom is -0.477 e. The summed E-state index contributed by atoms with van der Waals surface area (Å²) in [6.45, 7) is -0.933. The van der Waals surface area contributed by atoms with Crippen LogP contribution in [0.25, 0.3) is 0 Å². The third-order valence-corrected chi connectivity index (χ3v) is 2.95. The third kappa shape index (κ3) is 2.70. The summed E-state index contributed by atoms with van der Waals surface area (Å²) in [7, 11) is 0. The summed E-state index contributed by atoms with van der Waals surface area (Å²) >= 11 is 0. The summed E-state index contributed by atoms with van der Waals surface area (Å²) < 4.78 is 4.49. The van der Waals surface area contributed by atoms with Crippen molar-refractivity contribution in [2.24, 2.45) is 0 Å². The molecule has 1 saturated heterocycles. The van der Waals surface area contributed by atoms with E-state index < -0.39 is 55.0 Å². The highest BCUT2D eigenvalue weighted by molar-refractivity contribution is 5.76. The normalized spacial score (nSPS) is 42.7. The van der Waals surface area contributed by atoms with Crippen LogP contribution in [0, 0.1) is 0 Å². The van der Waals surface area contributed by atoms with Crippen molar-refractivity contribution in [1.29, 1.82) is 0 Å². The summed E-state index contributed by atoms with van der Waals surface area (Å²) in [4.78, 5) is 10.8. The van der Waals surface area contributed by atoms with Gasteiger partial charge in [-0.3, -0.25) is 0 Å². The monoisotopic (exact) mass is 284 g/mol. The Morgan fingerprint density at radius 1 is 1.21 bits per heavy atom. The first-order valence-corrected chi connectivity index (χ1v) is 5.31. The Morgan fingerprint density at radius 2 is 1.74 bits per heavy atom. The van der Waals surface area contributed by atoms with E-state index in [9.17, 15) is 35.4 Å².